The van der Waals surface area contributed by atoms with Crippen LogP contribution in [0.25, 0.3) is 0 Å². The zero-order chi connectivity index (χ0) is 14.3. The van der Waals surface area contributed by atoms with Crippen LogP contribution >= 0.6 is 43.5 Å². The van der Waals surface area contributed by atoms with Crippen LogP contribution in [-0.4, -0.2) is 0 Å². The van der Waals surface area contributed by atoms with Gasteiger partial charge >= 0.3 is 0 Å². The van der Waals surface area contributed by atoms with E-state index in [1.54, 1.807) is 0 Å². The van der Waals surface area contributed by atoms with Gasteiger partial charge in [-0.3, -0.25) is 0 Å². The molecule has 0 fully saturated rings. The molecule has 0 radical (unpaired) electrons. The average Bonchev–Trinajstić information content (AvgIpc) is 2.41. The average molecular weight is 418 g/mol. The van der Waals surface area contributed by atoms with Crippen LogP contribution in [0.15, 0.2) is 45.3 Å². The van der Waals surface area contributed by atoms with Crippen LogP contribution < -0.4 is 10.5 Å². The molecule has 0 saturated carbocycles. The maximum atomic E-state index is 6.27. The minimum absolute atomic E-state index is 0.0391. The fourth-order valence-electron chi connectivity index (χ4n) is 2.43. The van der Waals surface area contributed by atoms with Crippen LogP contribution in [0.2, 0.25) is 5.02 Å². The van der Waals surface area contributed by atoms with E-state index in [4.69, 9.17) is 22.1 Å². The zero-order valence-corrected chi connectivity index (χ0v) is 14.4. The van der Waals surface area contributed by atoms with Gasteiger partial charge in [0.05, 0.1) is 0 Å². The van der Waals surface area contributed by atoms with E-state index in [-0.39, 0.29) is 12.1 Å². The van der Waals surface area contributed by atoms with E-state index in [2.05, 4.69) is 31.9 Å². The van der Waals surface area contributed by atoms with E-state index in [0.717, 1.165) is 32.2 Å². The summed E-state index contributed by atoms with van der Waals surface area (Å²) >= 11 is 13.1. The molecule has 3 rings (SSSR count). The van der Waals surface area contributed by atoms with Crippen molar-refractivity contribution in [3.63, 3.8) is 0 Å². The van der Waals surface area contributed by atoms with Gasteiger partial charge < -0.3 is 10.5 Å². The van der Waals surface area contributed by atoms with Crippen LogP contribution in [0.4, 0.5) is 0 Å². The first-order chi connectivity index (χ1) is 9.54. The molecule has 0 spiro atoms. The maximum absolute atomic E-state index is 6.27. The second-order valence-corrected chi connectivity index (χ2v) is 7.00. The number of halogens is 3. The van der Waals surface area contributed by atoms with Crippen molar-refractivity contribution in [3.05, 3.63) is 61.5 Å². The van der Waals surface area contributed by atoms with Gasteiger partial charge in [0.25, 0.3) is 0 Å². The molecule has 1 heterocycles. The number of rotatable bonds is 1. The number of hydrogen-bond donors (Lipinski definition) is 1. The molecule has 2 aromatic rings. The van der Waals surface area contributed by atoms with Gasteiger partial charge in [-0.1, -0.05) is 49.5 Å². The summed E-state index contributed by atoms with van der Waals surface area (Å²) in [5.74, 6) is 0.829. The lowest BCUT2D eigenvalue weighted by Crippen LogP contribution is -2.24. The van der Waals surface area contributed by atoms with Crippen LogP contribution in [0.1, 0.15) is 29.7 Å². The first kappa shape index (κ1) is 14.4. The summed E-state index contributed by atoms with van der Waals surface area (Å²) in [5.41, 5.74) is 8.34. The van der Waals surface area contributed by atoms with Crippen molar-refractivity contribution in [1.82, 2.24) is 0 Å². The Balaban J connectivity index is 2.00. The van der Waals surface area contributed by atoms with Gasteiger partial charge in [0.1, 0.15) is 11.9 Å². The number of ether oxygens (including phenoxy) is 1. The number of fused-ring (bicyclic) bond motifs is 1. The summed E-state index contributed by atoms with van der Waals surface area (Å²) in [6.07, 6.45) is 0.632. The van der Waals surface area contributed by atoms with E-state index >= 15 is 0 Å². The van der Waals surface area contributed by atoms with Crippen LogP contribution in [0, 0.1) is 0 Å². The summed E-state index contributed by atoms with van der Waals surface area (Å²) in [4.78, 5) is 0. The molecule has 20 heavy (non-hydrogen) atoms. The molecule has 1 unspecified atom stereocenters. The highest BCUT2D eigenvalue weighted by molar-refractivity contribution is 9.10. The Morgan fingerprint density at radius 3 is 2.70 bits per heavy atom. The van der Waals surface area contributed by atoms with Gasteiger partial charge in [0.2, 0.25) is 0 Å². The Kier molecular flexibility index (Phi) is 4.09. The van der Waals surface area contributed by atoms with Gasteiger partial charge in [-0.2, -0.15) is 0 Å². The molecule has 5 heteroatoms. The molecule has 0 amide bonds. The number of hydrogen-bond acceptors (Lipinski definition) is 2. The predicted molar refractivity (Wildman–Crippen MR) is 88.2 cm³/mol. The molecule has 0 aliphatic carbocycles. The smallest absolute Gasteiger partial charge is 0.127 e. The minimum Gasteiger partial charge on any atom is -0.485 e. The molecule has 1 aliphatic rings. The largest absolute Gasteiger partial charge is 0.485 e. The van der Waals surface area contributed by atoms with Crippen molar-refractivity contribution < 1.29 is 4.74 Å². The fourth-order valence-corrected chi connectivity index (χ4v) is 3.45. The molecule has 0 bridgehead atoms. The van der Waals surface area contributed by atoms with E-state index < -0.39 is 0 Å². The third-order valence-electron chi connectivity index (χ3n) is 3.42. The third-order valence-corrected chi connectivity index (χ3v) is 4.87. The zero-order valence-electron chi connectivity index (χ0n) is 10.4. The molecule has 2 nitrogen and oxygen atoms in total. The molecule has 2 aromatic carbocycles. The predicted octanol–water partition coefficient (Wildman–Crippen LogP) is 5.39. The van der Waals surface area contributed by atoms with Crippen molar-refractivity contribution in [2.24, 2.45) is 5.73 Å². The summed E-state index contributed by atoms with van der Waals surface area (Å²) < 4.78 is 8.07. The van der Waals surface area contributed by atoms with Crippen LogP contribution in [0.5, 0.6) is 5.75 Å². The molecule has 0 aromatic heterocycles. The second-order valence-electron chi connectivity index (χ2n) is 4.80. The van der Waals surface area contributed by atoms with Crippen molar-refractivity contribution in [2.75, 3.05) is 0 Å². The summed E-state index contributed by atoms with van der Waals surface area (Å²) in [6, 6.07) is 11.6. The summed E-state index contributed by atoms with van der Waals surface area (Å²) in [5, 5.41) is 0.695. The minimum atomic E-state index is -0.0973. The molecule has 1 aliphatic heterocycles. The SMILES string of the molecule is N[C@@H]1CC(c2cc(Cl)ccc2Br)Oc2cc(Br)ccc21. The Bertz CT molecular complexity index is 662. The van der Waals surface area contributed by atoms with Crippen molar-refractivity contribution in [3.8, 4) is 5.75 Å². The Morgan fingerprint density at radius 2 is 1.90 bits per heavy atom. The fraction of sp³-hybridized carbons (Fsp3) is 0.200. The second kappa shape index (κ2) is 5.68. The molecule has 104 valence electrons. The lowest BCUT2D eigenvalue weighted by Gasteiger charge is -2.31. The van der Waals surface area contributed by atoms with Gasteiger partial charge in [-0.15, -0.1) is 0 Å². The third kappa shape index (κ3) is 2.75. The van der Waals surface area contributed by atoms with Gasteiger partial charge in [0, 0.05) is 37.6 Å². The van der Waals surface area contributed by atoms with Crippen LogP contribution in [0.3, 0.4) is 0 Å². The highest BCUT2D eigenvalue weighted by atomic mass is 79.9. The lowest BCUT2D eigenvalue weighted by molar-refractivity contribution is 0.161. The summed E-state index contributed by atoms with van der Waals surface area (Å²) in [7, 11) is 0. The standard InChI is InChI=1S/C15H12Br2ClNO/c16-8-1-3-10-13(19)7-15(20-14(10)5-8)11-6-9(18)2-4-12(11)17/h1-6,13,15H,7,19H2/t13-,15?/m1/s1. The van der Waals surface area contributed by atoms with Crippen molar-refractivity contribution in [2.45, 2.75) is 18.6 Å². The molecular weight excluding hydrogens is 405 g/mol. The Hall–Kier alpha value is -0.550. The summed E-state index contributed by atoms with van der Waals surface area (Å²) in [6.45, 7) is 0. The maximum Gasteiger partial charge on any atom is 0.127 e. The van der Waals surface area contributed by atoms with E-state index in [1.165, 1.54) is 0 Å². The van der Waals surface area contributed by atoms with Crippen molar-refractivity contribution >= 4 is 43.5 Å². The quantitative estimate of drug-likeness (QED) is 0.675. The molecular formula is C15H12Br2ClNO. The highest BCUT2D eigenvalue weighted by Gasteiger charge is 2.28. The Labute approximate surface area is 139 Å². The van der Waals surface area contributed by atoms with Crippen molar-refractivity contribution in [1.29, 1.82) is 0 Å². The molecule has 2 N–H and O–H groups in total. The molecule has 0 saturated heterocycles. The molecule has 2 atom stereocenters. The van der Waals surface area contributed by atoms with E-state index in [0.29, 0.717) is 5.02 Å². The first-order valence-corrected chi connectivity index (χ1v) is 8.17. The topological polar surface area (TPSA) is 35.2 Å². The van der Waals surface area contributed by atoms with Crippen LogP contribution in [-0.2, 0) is 0 Å². The van der Waals surface area contributed by atoms with E-state index in [9.17, 15) is 0 Å². The van der Waals surface area contributed by atoms with Gasteiger partial charge in [-0.25, -0.2) is 0 Å². The van der Waals surface area contributed by atoms with E-state index in [1.807, 2.05) is 36.4 Å². The monoisotopic (exact) mass is 415 g/mol. The number of benzene rings is 2. The lowest BCUT2D eigenvalue weighted by atomic mass is 9.94. The first-order valence-electron chi connectivity index (χ1n) is 6.21. The highest BCUT2D eigenvalue weighted by Crippen LogP contribution is 2.42. The normalized spacial score (nSPS) is 21.2. The van der Waals surface area contributed by atoms with Gasteiger partial charge in [-0.05, 0) is 30.3 Å². The van der Waals surface area contributed by atoms with Gasteiger partial charge in [0.15, 0.2) is 0 Å². The number of nitrogens with two attached hydrogens (primary N) is 1. The Morgan fingerprint density at radius 1 is 1.10 bits per heavy atom.